The van der Waals surface area contributed by atoms with Crippen LogP contribution >= 0.6 is 0 Å². The third kappa shape index (κ3) is 3.78. The number of benzene rings is 1. The van der Waals surface area contributed by atoms with Gasteiger partial charge in [-0.1, -0.05) is 12.1 Å². The van der Waals surface area contributed by atoms with Crippen molar-refractivity contribution in [2.24, 2.45) is 0 Å². The first-order chi connectivity index (χ1) is 10.9. The summed E-state index contributed by atoms with van der Waals surface area (Å²) in [4.78, 5) is 16.3. The molecule has 5 heteroatoms. The van der Waals surface area contributed by atoms with E-state index in [1.54, 1.807) is 4.90 Å². The van der Waals surface area contributed by atoms with Crippen molar-refractivity contribution in [3.63, 3.8) is 0 Å². The summed E-state index contributed by atoms with van der Waals surface area (Å²) in [5, 5.41) is 0. The fraction of sp³-hybridized carbons (Fsp3) is 0.611. The molecule has 0 saturated carbocycles. The van der Waals surface area contributed by atoms with Gasteiger partial charge in [-0.25, -0.2) is 4.79 Å². The molecule has 2 aliphatic rings. The lowest BCUT2D eigenvalue weighted by Gasteiger charge is -2.38. The van der Waals surface area contributed by atoms with E-state index < -0.39 is 5.60 Å². The number of nitrogens with zero attached hydrogens (tertiary/aromatic N) is 2. The Kier molecular flexibility index (Phi) is 4.48. The van der Waals surface area contributed by atoms with Crippen molar-refractivity contribution in [1.29, 1.82) is 0 Å². The lowest BCUT2D eigenvalue weighted by atomic mass is 10.0. The Balaban J connectivity index is 1.65. The smallest absolute Gasteiger partial charge is 0.410 e. The first-order valence-corrected chi connectivity index (χ1v) is 8.35. The Morgan fingerprint density at radius 2 is 1.91 bits per heavy atom. The number of hydrogen-bond acceptors (Lipinski definition) is 4. The maximum absolute atomic E-state index is 12.2. The summed E-state index contributed by atoms with van der Waals surface area (Å²) in [6, 6.07) is 6.48. The van der Waals surface area contributed by atoms with Gasteiger partial charge in [-0.05, 0) is 38.8 Å². The summed E-state index contributed by atoms with van der Waals surface area (Å²) in [6.45, 7) is 10.2. The molecule has 0 spiro atoms. The number of amides is 1. The van der Waals surface area contributed by atoms with Crippen molar-refractivity contribution < 1.29 is 14.3 Å². The normalized spacial score (nSPS) is 18.6. The molecule has 0 radical (unpaired) electrons. The molecule has 1 aromatic carbocycles. The summed E-state index contributed by atoms with van der Waals surface area (Å²) >= 11 is 0. The van der Waals surface area contributed by atoms with Crippen molar-refractivity contribution in [3.8, 4) is 0 Å². The Morgan fingerprint density at radius 1 is 1.17 bits per heavy atom. The van der Waals surface area contributed by atoms with Gasteiger partial charge in [0.25, 0.3) is 0 Å². The van der Waals surface area contributed by atoms with Crippen LogP contribution < -0.4 is 4.90 Å². The molecule has 126 valence electrons. The predicted molar refractivity (Wildman–Crippen MR) is 89.8 cm³/mol. The Bertz CT molecular complexity index is 572. The first kappa shape index (κ1) is 16.1. The number of piperazine rings is 1. The quantitative estimate of drug-likeness (QED) is 0.798. The number of anilines is 1. The summed E-state index contributed by atoms with van der Waals surface area (Å²) in [7, 11) is 0. The van der Waals surface area contributed by atoms with Gasteiger partial charge in [-0.15, -0.1) is 0 Å². The van der Waals surface area contributed by atoms with Gasteiger partial charge in [-0.2, -0.15) is 0 Å². The van der Waals surface area contributed by atoms with Crippen molar-refractivity contribution in [3.05, 3.63) is 29.3 Å². The fourth-order valence-electron chi connectivity index (χ4n) is 3.13. The molecule has 0 aliphatic carbocycles. The molecule has 1 fully saturated rings. The van der Waals surface area contributed by atoms with E-state index in [-0.39, 0.29) is 6.09 Å². The van der Waals surface area contributed by atoms with Gasteiger partial charge in [0.1, 0.15) is 5.60 Å². The van der Waals surface area contributed by atoms with Gasteiger partial charge in [0, 0.05) is 37.4 Å². The number of hydrogen-bond donors (Lipinski definition) is 0. The van der Waals surface area contributed by atoms with E-state index in [0.717, 1.165) is 26.1 Å². The zero-order valence-electron chi connectivity index (χ0n) is 14.3. The van der Waals surface area contributed by atoms with Crippen LogP contribution in [-0.2, 0) is 22.5 Å². The maximum atomic E-state index is 12.2. The number of carbonyl (C=O) groups is 1. The fourth-order valence-corrected chi connectivity index (χ4v) is 3.13. The van der Waals surface area contributed by atoms with Gasteiger partial charge >= 0.3 is 6.09 Å². The van der Waals surface area contributed by atoms with Crippen LogP contribution in [0.5, 0.6) is 0 Å². The second-order valence-electron chi connectivity index (χ2n) is 7.17. The van der Waals surface area contributed by atoms with E-state index in [1.165, 1.54) is 16.8 Å². The molecule has 23 heavy (non-hydrogen) atoms. The minimum Gasteiger partial charge on any atom is -0.444 e. The van der Waals surface area contributed by atoms with Gasteiger partial charge in [0.15, 0.2) is 0 Å². The zero-order chi connectivity index (χ0) is 16.4. The monoisotopic (exact) mass is 318 g/mol. The molecule has 0 aromatic heterocycles. The first-order valence-electron chi connectivity index (χ1n) is 8.35. The van der Waals surface area contributed by atoms with E-state index >= 15 is 0 Å². The van der Waals surface area contributed by atoms with Crippen molar-refractivity contribution >= 4 is 11.8 Å². The second-order valence-corrected chi connectivity index (χ2v) is 7.17. The van der Waals surface area contributed by atoms with Crippen molar-refractivity contribution in [1.82, 2.24) is 4.90 Å². The van der Waals surface area contributed by atoms with Crippen molar-refractivity contribution in [2.45, 2.75) is 39.4 Å². The molecule has 0 bridgehead atoms. The summed E-state index contributed by atoms with van der Waals surface area (Å²) in [5.74, 6) is 0. The van der Waals surface area contributed by atoms with E-state index in [0.29, 0.717) is 19.7 Å². The van der Waals surface area contributed by atoms with Crippen LogP contribution in [0.15, 0.2) is 18.2 Å². The predicted octanol–water partition coefficient (Wildman–Crippen LogP) is 2.82. The summed E-state index contributed by atoms with van der Waals surface area (Å²) < 4.78 is 11.1. The topological polar surface area (TPSA) is 42.0 Å². The third-order valence-corrected chi connectivity index (χ3v) is 4.28. The molecule has 3 rings (SSSR count). The lowest BCUT2D eigenvalue weighted by Crippen LogP contribution is -2.50. The van der Waals surface area contributed by atoms with Gasteiger partial charge in [-0.3, -0.25) is 0 Å². The van der Waals surface area contributed by atoms with E-state index in [9.17, 15) is 4.79 Å². The van der Waals surface area contributed by atoms with Crippen LogP contribution in [0.25, 0.3) is 0 Å². The largest absolute Gasteiger partial charge is 0.444 e. The van der Waals surface area contributed by atoms with Crippen LogP contribution in [0.3, 0.4) is 0 Å². The minimum absolute atomic E-state index is 0.212. The van der Waals surface area contributed by atoms with Crippen LogP contribution in [0.4, 0.5) is 10.5 Å². The van der Waals surface area contributed by atoms with Gasteiger partial charge in [0.2, 0.25) is 0 Å². The summed E-state index contributed by atoms with van der Waals surface area (Å²) in [6.07, 6.45) is 0.775. The van der Waals surface area contributed by atoms with E-state index in [4.69, 9.17) is 9.47 Å². The molecule has 0 N–H and O–H groups in total. The van der Waals surface area contributed by atoms with Gasteiger partial charge in [0.05, 0.1) is 13.2 Å². The lowest BCUT2D eigenvalue weighted by molar-refractivity contribution is 0.0240. The average molecular weight is 318 g/mol. The van der Waals surface area contributed by atoms with Crippen LogP contribution in [0.2, 0.25) is 0 Å². The average Bonchev–Trinajstić information content (AvgIpc) is 2.53. The molecule has 1 aromatic rings. The highest BCUT2D eigenvalue weighted by molar-refractivity contribution is 5.69. The molecular weight excluding hydrogens is 292 g/mol. The number of carbonyl (C=O) groups excluding carboxylic acids is 1. The summed E-state index contributed by atoms with van der Waals surface area (Å²) in [5.41, 5.74) is 3.52. The molecule has 1 saturated heterocycles. The number of fused-ring (bicyclic) bond motifs is 1. The molecule has 0 unspecified atom stereocenters. The Hall–Kier alpha value is -1.75. The zero-order valence-corrected chi connectivity index (χ0v) is 14.3. The Labute approximate surface area is 138 Å². The van der Waals surface area contributed by atoms with E-state index in [1.807, 2.05) is 20.8 Å². The Morgan fingerprint density at radius 3 is 2.61 bits per heavy atom. The molecule has 0 atom stereocenters. The van der Waals surface area contributed by atoms with Gasteiger partial charge < -0.3 is 19.3 Å². The highest BCUT2D eigenvalue weighted by Gasteiger charge is 2.27. The molecule has 2 heterocycles. The van der Waals surface area contributed by atoms with Crippen LogP contribution in [-0.4, -0.2) is 49.4 Å². The van der Waals surface area contributed by atoms with Crippen LogP contribution in [0.1, 0.15) is 31.9 Å². The molecule has 1 amide bonds. The molecule has 2 aliphatic heterocycles. The number of rotatable bonds is 1. The highest BCUT2D eigenvalue weighted by Crippen LogP contribution is 2.29. The number of ether oxygens (including phenoxy) is 2. The molecular formula is C18H26N2O3. The SMILES string of the molecule is CC(C)(C)OC(=O)N1CCN(c2cccc3c2COCC3)CC1. The maximum Gasteiger partial charge on any atom is 0.410 e. The third-order valence-electron chi connectivity index (χ3n) is 4.28. The molecule has 5 nitrogen and oxygen atoms in total. The minimum atomic E-state index is -0.440. The standard InChI is InChI=1S/C18H26N2O3/c1-18(2,3)23-17(21)20-10-8-19(9-11-20)16-6-4-5-14-7-12-22-13-15(14)16/h4-6H,7-13H2,1-3H3. The second kappa shape index (κ2) is 6.40. The van der Waals surface area contributed by atoms with E-state index in [2.05, 4.69) is 23.1 Å². The highest BCUT2D eigenvalue weighted by atomic mass is 16.6. The van der Waals surface area contributed by atoms with Crippen molar-refractivity contribution in [2.75, 3.05) is 37.7 Å². The van der Waals surface area contributed by atoms with Crippen LogP contribution in [0, 0.1) is 0 Å².